The Kier molecular flexibility index (Phi) is 5.06. The molecular formula is C18H20N2O4S. The van der Waals surface area contributed by atoms with E-state index >= 15 is 0 Å². The Morgan fingerprint density at radius 2 is 1.56 bits per heavy atom. The number of para-hydroxylation sites is 1. The van der Waals surface area contributed by atoms with Gasteiger partial charge < -0.3 is 9.64 Å². The van der Waals surface area contributed by atoms with Crippen molar-refractivity contribution in [2.24, 2.45) is 0 Å². The van der Waals surface area contributed by atoms with Gasteiger partial charge in [0.05, 0.1) is 6.26 Å². The van der Waals surface area contributed by atoms with E-state index in [4.69, 9.17) is 4.74 Å². The average molecular weight is 360 g/mol. The molecule has 1 heterocycles. The fourth-order valence-electron chi connectivity index (χ4n) is 2.72. The molecule has 0 bridgehead atoms. The second-order valence-corrected chi connectivity index (χ2v) is 7.88. The normalized spacial score (nSPS) is 15.8. The molecule has 1 amide bonds. The molecule has 1 aliphatic heterocycles. The van der Waals surface area contributed by atoms with E-state index in [2.05, 4.69) is 0 Å². The van der Waals surface area contributed by atoms with Crippen molar-refractivity contribution in [2.45, 2.75) is 0 Å². The fraction of sp³-hybridized carbons (Fsp3) is 0.278. The number of piperazine rings is 1. The second kappa shape index (κ2) is 7.25. The van der Waals surface area contributed by atoms with Gasteiger partial charge in [0.15, 0.2) is 0 Å². The van der Waals surface area contributed by atoms with Gasteiger partial charge in [-0.05, 0) is 30.3 Å². The van der Waals surface area contributed by atoms with E-state index in [9.17, 15) is 13.2 Å². The van der Waals surface area contributed by atoms with Crippen LogP contribution in [0, 0.1) is 0 Å². The highest BCUT2D eigenvalue weighted by Crippen LogP contribution is 2.22. The Hall–Kier alpha value is -2.38. The summed E-state index contributed by atoms with van der Waals surface area (Å²) < 4.78 is 30.3. The van der Waals surface area contributed by atoms with Crippen LogP contribution in [0.4, 0.5) is 0 Å². The number of amides is 1. The molecule has 1 aliphatic rings. The number of hydrogen-bond acceptors (Lipinski definition) is 4. The molecule has 2 aromatic carbocycles. The van der Waals surface area contributed by atoms with E-state index < -0.39 is 10.0 Å². The number of benzene rings is 2. The van der Waals surface area contributed by atoms with Crippen molar-refractivity contribution in [2.75, 3.05) is 32.4 Å². The maximum Gasteiger partial charge on any atom is 0.254 e. The molecule has 0 saturated carbocycles. The van der Waals surface area contributed by atoms with Gasteiger partial charge in [0, 0.05) is 31.7 Å². The summed E-state index contributed by atoms with van der Waals surface area (Å²) in [7, 11) is -3.21. The van der Waals surface area contributed by atoms with Crippen LogP contribution in [-0.2, 0) is 10.0 Å². The number of sulfonamides is 1. The van der Waals surface area contributed by atoms with E-state index in [1.165, 1.54) is 10.6 Å². The number of hydrogen-bond donors (Lipinski definition) is 0. The third-order valence-electron chi connectivity index (χ3n) is 4.05. The number of nitrogens with zero attached hydrogens (tertiary/aromatic N) is 2. The van der Waals surface area contributed by atoms with Gasteiger partial charge in [0.25, 0.3) is 5.91 Å². The van der Waals surface area contributed by atoms with E-state index in [0.717, 1.165) is 0 Å². The Balaban J connectivity index is 1.68. The van der Waals surface area contributed by atoms with Crippen LogP contribution in [0.5, 0.6) is 11.5 Å². The first-order valence-corrected chi connectivity index (χ1v) is 9.86. The average Bonchev–Trinajstić information content (AvgIpc) is 2.61. The van der Waals surface area contributed by atoms with Gasteiger partial charge in [-0.15, -0.1) is 0 Å². The minimum atomic E-state index is -3.21. The van der Waals surface area contributed by atoms with Gasteiger partial charge in [0.2, 0.25) is 10.0 Å². The fourth-order valence-corrected chi connectivity index (χ4v) is 3.55. The summed E-state index contributed by atoms with van der Waals surface area (Å²) in [6, 6.07) is 16.4. The van der Waals surface area contributed by atoms with Gasteiger partial charge in [-0.3, -0.25) is 4.79 Å². The van der Waals surface area contributed by atoms with Crippen LogP contribution < -0.4 is 4.74 Å². The van der Waals surface area contributed by atoms with E-state index in [1.807, 2.05) is 30.3 Å². The molecule has 25 heavy (non-hydrogen) atoms. The monoisotopic (exact) mass is 360 g/mol. The van der Waals surface area contributed by atoms with Gasteiger partial charge in [0.1, 0.15) is 11.5 Å². The van der Waals surface area contributed by atoms with Crippen molar-refractivity contribution in [1.29, 1.82) is 0 Å². The van der Waals surface area contributed by atoms with E-state index in [0.29, 0.717) is 43.2 Å². The predicted octanol–water partition coefficient (Wildman–Crippen LogP) is 2.20. The molecule has 0 unspecified atom stereocenters. The Morgan fingerprint density at radius 1 is 0.920 bits per heavy atom. The van der Waals surface area contributed by atoms with Crippen LogP contribution in [0.1, 0.15) is 10.4 Å². The molecule has 0 aliphatic carbocycles. The lowest BCUT2D eigenvalue weighted by molar-refractivity contribution is 0.0698. The zero-order valence-corrected chi connectivity index (χ0v) is 14.8. The molecule has 0 radical (unpaired) electrons. The molecule has 1 saturated heterocycles. The second-order valence-electron chi connectivity index (χ2n) is 5.90. The topological polar surface area (TPSA) is 66.9 Å². The predicted molar refractivity (Wildman–Crippen MR) is 95.3 cm³/mol. The first kappa shape index (κ1) is 17.4. The van der Waals surface area contributed by atoms with Gasteiger partial charge in [-0.2, -0.15) is 4.31 Å². The summed E-state index contributed by atoms with van der Waals surface area (Å²) in [4.78, 5) is 14.3. The molecule has 0 spiro atoms. The molecule has 7 heteroatoms. The van der Waals surface area contributed by atoms with E-state index in [-0.39, 0.29) is 5.91 Å². The summed E-state index contributed by atoms with van der Waals surface area (Å²) in [6.45, 7) is 1.42. The zero-order chi connectivity index (χ0) is 17.9. The minimum absolute atomic E-state index is 0.119. The number of carbonyl (C=O) groups excluding carboxylic acids is 1. The van der Waals surface area contributed by atoms with Crippen LogP contribution in [0.15, 0.2) is 54.6 Å². The molecule has 0 N–H and O–H groups in total. The van der Waals surface area contributed by atoms with Crippen LogP contribution in [0.2, 0.25) is 0 Å². The molecule has 0 aromatic heterocycles. The third kappa shape index (κ3) is 4.37. The third-order valence-corrected chi connectivity index (χ3v) is 5.36. The van der Waals surface area contributed by atoms with Crippen molar-refractivity contribution in [3.05, 3.63) is 60.2 Å². The number of carbonyl (C=O) groups is 1. The Labute approximate surface area is 147 Å². The smallest absolute Gasteiger partial charge is 0.254 e. The van der Waals surface area contributed by atoms with Crippen molar-refractivity contribution < 1.29 is 17.9 Å². The van der Waals surface area contributed by atoms with Crippen LogP contribution in [-0.4, -0.2) is 56.0 Å². The molecule has 6 nitrogen and oxygen atoms in total. The standard InChI is InChI=1S/C18H20N2O4S/c1-25(22,23)20-12-10-19(11-13-20)18(21)15-6-5-9-17(14-15)24-16-7-3-2-4-8-16/h2-9,14H,10-13H2,1H3. The van der Waals surface area contributed by atoms with E-state index in [1.54, 1.807) is 29.2 Å². The molecular weight excluding hydrogens is 340 g/mol. The van der Waals surface area contributed by atoms with Gasteiger partial charge in [-0.1, -0.05) is 24.3 Å². The number of ether oxygens (including phenoxy) is 1. The minimum Gasteiger partial charge on any atom is -0.457 e. The largest absolute Gasteiger partial charge is 0.457 e. The lowest BCUT2D eigenvalue weighted by atomic mass is 10.1. The summed E-state index contributed by atoms with van der Waals surface area (Å²) >= 11 is 0. The maximum atomic E-state index is 12.7. The summed E-state index contributed by atoms with van der Waals surface area (Å²) in [5.74, 6) is 1.17. The zero-order valence-electron chi connectivity index (χ0n) is 14.0. The Bertz CT molecular complexity index is 844. The van der Waals surface area contributed by atoms with Gasteiger partial charge in [-0.25, -0.2) is 8.42 Å². The van der Waals surface area contributed by atoms with Crippen molar-refractivity contribution in [3.63, 3.8) is 0 Å². The SMILES string of the molecule is CS(=O)(=O)N1CCN(C(=O)c2cccc(Oc3ccccc3)c2)CC1. The molecule has 132 valence electrons. The highest BCUT2D eigenvalue weighted by atomic mass is 32.2. The van der Waals surface area contributed by atoms with Crippen LogP contribution in [0.3, 0.4) is 0 Å². The summed E-state index contributed by atoms with van der Waals surface area (Å²) in [5, 5.41) is 0. The van der Waals surface area contributed by atoms with Gasteiger partial charge >= 0.3 is 0 Å². The highest BCUT2D eigenvalue weighted by Gasteiger charge is 2.26. The quantitative estimate of drug-likeness (QED) is 0.838. The van der Waals surface area contributed by atoms with Crippen LogP contribution in [0.25, 0.3) is 0 Å². The lowest BCUT2D eigenvalue weighted by Crippen LogP contribution is -2.50. The summed E-state index contributed by atoms with van der Waals surface area (Å²) in [5.41, 5.74) is 0.529. The lowest BCUT2D eigenvalue weighted by Gasteiger charge is -2.33. The molecule has 2 aromatic rings. The van der Waals surface area contributed by atoms with Crippen LogP contribution >= 0.6 is 0 Å². The summed E-state index contributed by atoms with van der Waals surface area (Å²) in [6.07, 6.45) is 1.19. The molecule has 0 atom stereocenters. The Morgan fingerprint density at radius 3 is 2.20 bits per heavy atom. The van der Waals surface area contributed by atoms with Crippen molar-refractivity contribution in [1.82, 2.24) is 9.21 Å². The highest BCUT2D eigenvalue weighted by molar-refractivity contribution is 7.88. The first-order valence-electron chi connectivity index (χ1n) is 8.01. The maximum absolute atomic E-state index is 12.7. The molecule has 3 rings (SSSR count). The molecule has 1 fully saturated rings. The van der Waals surface area contributed by atoms with Crippen molar-refractivity contribution >= 4 is 15.9 Å². The van der Waals surface area contributed by atoms with Crippen molar-refractivity contribution in [3.8, 4) is 11.5 Å². The first-order chi connectivity index (χ1) is 11.9. The number of rotatable bonds is 4.